The Labute approximate surface area is 78.5 Å². The molecule has 0 aliphatic heterocycles. The minimum absolute atomic E-state index is 0.518. The van der Waals surface area contributed by atoms with Crippen LogP contribution in [0.3, 0.4) is 0 Å². The van der Waals surface area contributed by atoms with Crippen LogP contribution >= 0.6 is 11.6 Å². The van der Waals surface area contributed by atoms with E-state index in [1.54, 1.807) is 22.7 Å². The summed E-state index contributed by atoms with van der Waals surface area (Å²) in [5, 5.41) is 0.525. The van der Waals surface area contributed by atoms with E-state index >= 15 is 0 Å². The summed E-state index contributed by atoms with van der Waals surface area (Å²) in [7, 11) is 0. The Morgan fingerprint density at radius 2 is 2.46 bits per heavy atom. The highest BCUT2D eigenvalue weighted by molar-refractivity contribution is 6.29. The van der Waals surface area contributed by atoms with Gasteiger partial charge in [0.2, 0.25) is 6.08 Å². The van der Waals surface area contributed by atoms with Crippen LogP contribution < -0.4 is 0 Å². The van der Waals surface area contributed by atoms with Crippen molar-refractivity contribution in [3.63, 3.8) is 0 Å². The van der Waals surface area contributed by atoms with Crippen molar-refractivity contribution >= 4 is 29.0 Å². The molecule has 0 spiro atoms. The van der Waals surface area contributed by atoms with Gasteiger partial charge in [-0.15, -0.1) is 0 Å². The van der Waals surface area contributed by atoms with Gasteiger partial charge in [0.25, 0.3) is 0 Å². The molecule has 0 N–H and O–H groups in total. The number of isocyanates is 1. The summed E-state index contributed by atoms with van der Waals surface area (Å²) < 4.78 is 1.69. The van der Waals surface area contributed by atoms with Gasteiger partial charge in [-0.25, -0.2) is 9.78 Å². The molecule has 5 heteroatoms. The zero-order valence-corrected chi connectivity index (χ0v) is 7.19. The lowest BCUT2D eigenvalue weighted by atomic mass is 10.4. The number of aromatic nitrogens is 2. The minimum atomic E-state index is 0.518. The molecule has 0 fully saturated rings. The second kappa shape index (κ2) is 3.01. The van der Waals surface area contributed by atoms with E-state index in [1.165, 1.54) is 12.3 Å². The molecule has 0 unspecified atom stereocenters. The van der Waals surface area contributed by atoms with E-state index in [4.69, 9.17) is 11.6 Å². The highest BCUT2D eigenvalue weighted by atomic mass is 35.5. The number of fused-ring (bicyclic) bond motifs is 1. The van der Waals surface area contributed by atoms with Gasteiger partial charge in [-0.2, -0.15) is 4.99 Å². The topological polar surface area (TPSA) is 46.7 Å². The molecular formula is C8H4ClN3O. The fourth-order valence-electron chi connectivity index (χ4n) is 1.06. The fourth-order valence-corrected chi connectivity index (χ4v) is 1.25. The molecule has 0 aliphatic rings. The summed E-state index contributed by atoms with van der Waals surface area (Å²) in [6, 6.07) is 3.31. The summed E-state index contributed by atoms with van der Waals surface area (Å²) in [6.07, 6.45) is 4.69. The number of hydrogen-bond donors (Lipinski definition) is 0. The molecule has 0 amide bonds. The molecule has 0 saturated carbocycles. The van der Waals surface area contributed by atoms with Gasteiger partial charge in [0.1, 0.15) is 10.8 Å². The van der Waals surface area contributed by atoms with Crippen molar-refractivity contribution in [2.75, 3.05) is 0 Å². The summed E-state index contributed by atoms with van der Waals surface area (Å²) in [6.45, 7) is 0. The molecule has 2 aromatic rings. The second-order valence-corrected chi connectivity index (χ2v) is 2.78. The predicted molar refractivity (Wildman–Crippen MR) is 48.0 cm³/mol. The van der Waals surface area contributed by atoms with Crippen molar-refractivity contribution in [2.45, 2.75) is 0 Å². The molecule has 64 valence electrons. The third-order valence-corrected chi connectivity index (χ3v) is 1.91. The fraction of sp³-hybridized carbons (Fsp3) is 0. The van der Waals surface area contributed by atoms with Crippen molar-refractivity contribution in [1.29, 1.82) is 0 Å². The number of hydrogen-bond acceptors (Lipinski definition) is 3. The van der Waals surface area contributed by atoms with Crippen LogP contribution in [0.1, 0.15) is 0 Å². The second-order valence-electron chi connectivity index (χ2n) is 2.40. The first kappa shape index (κ1) is 7.98. The molecule has 0 bridgehead atoms. The van der Waals surface area contributed by atoms with Gasteiger partial charge >= 0.3 is 0 Å². The standard InChI is InChI=1S/C8H4ClN3O/c9-7-4-10-8-3-6(11-5-13)1-2-12(7)8/h1-4H. The van der Waals surface area contributed by atoms with E-state index in [1.807, 2.05) is 0 Å². The molecule has 4 nitrogen and oxygen atoms in total. The van der Waals surface area contributed by atoms with Crippen LogP contribution in [0.2, 0.25) is 5.15 Å². The Hall–Kier alpha value is -1.64. The normalized spacial score (nSPS) is 9.92. The number of aliphatic imine (C=N–C) groups is 1. The Kier molecular flexibility index (Phi) is 1.85. The van der Waals surface area contributed by atoms with Crippen LogP contribution in [0.15, 0.2) is 29.5 Å². The number of imidazole rings is 1. The van der Waals surface area contributed by atoms with Gasteiger partial charge in [-0.1, -0.05) is 11.6 Å². The molecule has 0 aromatic carbocycles. The summed E-state index contributed by atoms with van der Waals surface area (Å²) in [4.78, 5) is 17.4. The summed E-state index contributed by atoms with van der Waals surface area (Å²) >= 11 is 5.79. The van der Waals surface area contributed by atoms with Crippen molar-refractivity contribution in [3.8, 4) is 0 Å². The first-order chi connectivity index (χ1) is 6.31. The van der Waals surface area contributed by atoms with E-state index in [9.17, 15) is 4.79 Å². The van der Waals surface area contributed by atoms with Crippen LogP contribution in [-0.2, 0) is 4.79 Å². The summed E-state index contributed by atoms with van der Waals surface area (Å²) in [5.74, 6) is 0. The summed E-state index contributed by atoms with van der Waals surface area (Å²) in [5.41, 5.74) is 1.17. The highest BCUT2D eigenvalue weighted by Crippen LogP contribution is 2.17. The third-order valence-electron chi connectivity index (χ3n) is 1.63. The van der Waals surface area contributed by atoms with Crippen LogP contribution in [0.4, 0.5) is 5.69 Å². The Morgan fingerprint density at radius 1 is 1.62 bits per heavy atom. The van der Waals surface area contributed by atoms with E-state index in [2.05, 4.69) is 9.98 Å². The molecule has 2 heterocycles. The molecule has 13 heavy (non-hydrogen) atoms. The maximum atomic E-state index is 9.97. The predicted octanol–water partition coefficient (Wildman–Crippen LogP) is 1.95. The van der Waals surface area contributed by atoms with E-state index in [-0.39, 0.29) is 0 Å². The van der Waals surface area contributed by atoms with Gasteiger partial charge in [-0.05, 0) is 6.07 Å². The van der Waals surface area contributed by atoms with Gasteiger partial charge < -0.3 is 0 Å². The Bertz CT molecular complexity index is 499. The Morgan fingerprint density at radius 3 is 3.23 bits per heavy atom. The smallest absolute Gasteiger partial charge is 0.240 e. The third kappa shape index (κ3) is 1.33. The SMILES string of the molecule is O=C=Nc1ccn2c(Cl)cnc2c1. The van der Waals surface area contributed by atoms with Gasteiger partial charge in [0, 0.05) is 12.3 Å². The molecule has 0 atom stereocenters. The van der Waals surface area contributed by atoms with Crippen molar-refractivity contribution in [3.05, 3.63) is 29.7 Å². The van der Waals surface area contributed by atoms with Crippen LogP contribution in [0.5, 0.6) is 0 Å². The van der Waals surface area contributed by atoms with E-state index in [0.717, 1.165) is 0 Å². The van der Waals surface area contributed by atoms with Crippen LogP contribution in [0.25, 0.3) is 5.65 Å². The number of carbonyl (C=O) groups excluding carboxylic acids is 1. The zero-order chi connectivity index (χ0) is 9.26. The van der Waals surface area contributed by atoms with Gasteiger partial charge in [0.15, 0.2) is 0 Å². The molecule has 0 saturated heterocycles. The number of pyridine rings is 1. The molecule has 0 radical (unpaired) electrons. The van der Waals surface area contributed by atoms with Gasteiger partial charge in [-0.3, -0.25) is 4.40 Å². The zero-order valence-electron chi connectivity index (χ0n) is 6.44. The minimum Gasteiger partial charge on any atom is -0.290 e. The maximum absolute atomic E-state index is 9.97. The van der Waals surface area contributed by atoms with E-state index in [0.29, 0.717) is 16.5 Å². The lowest BCUT2D eigenvalue weighted by Gasteiger charge is -1.94. The molecule has 2 rings (SSSR count). The first-order valence-electron chi connectivity index (χ1n) is 3.52. The number of halogens is 1. The number of nitrogens with zero attached hydrogens (tertiary/aromatic N) is 3. The quantitative estimate of drug-likeness (QED) is 0.513. The highest BCUT2D eigenvalue weighted by Gasteiger charge is 1.99. The lowest BCUT2D eigenvalue weighted by molar-refractivity contribution is 0.565. The maximum Gasteiger partial charge on any atom is 0.240 e. The van der Waals surface area contributed by atoms with Crippen molar-refractivity contribution in [2.24, 2.45) is 4.99 Å². The van der Waals surface area contributed by atoms with Crippen LogP contribution in [0, 0.1) is 0 Å². The first-order valence-corrected chi connectivity index (χ1v) is 3.89. The van der Waals surface area contributed by atoms with E-state index < -0.39 is 0 Å². The average molecular weight is 194 g/mol. The van der Waals surface area contributed by atoms with Gasteiger partial charge in [0.05, 0.1) is 11.9 Å². The monoisotopic (exact) mass is 193 g/mol. The van der Waals surface area contributed by atoms with Crippen LogP contribution in [-0.4, -0.2) is 15.5 Å². The average Bonchev–Trinajstić information content (AvgIpc) is 2.48. The van der Waals surface area contributed by atoms with Crippen molar-refractivity contribution < 1.29 is 4.79 Å². The van der Waals surface area contributed by atoms with Crippen molar-refractivity contribution in [1.82, 2.24) is 9.38 Å². The number of rotatable bonds is 1. The molecule has 2 aromatic heterocycles. The molecular weight excluding hydrogens is 190 g/mol. The Balaban J connectivity index is 2.69. The lowest BCUT2D eigenvalue weighted by Crippen LogP contribution is -1.81. The molecule has 0 aliphatic carbocycles. The largest absolute Gasteiger partial charge is 0.290 e.